The van der Waals surface area contributed by atoms with E-state index in [4.69, 9.17) is 16.7 Å². The molecule has 0 saturated carbocycles. The quantitative estimate of drug-likeness (QED) is 0.491. The Morgan fingerprint density at radius 3 is 2.59 bits per heavy atom. The maximum atomic E-state index is 12.8. The number of carboxylic acid groups (broad SMARTS) is 1. The standard InChI is InChI=1S/C20H16BBrClNO3/c22-13-4-7-15-17(11-13)24-16(8-3-12-1-5-14(23)6-2-12)19(15)20(27)21-10-9-18(25)26/h1-8,11,21,24H,9-10H2,(H,25,26)/b8-3+. The summed E-state index contributed by atoms with van der Waals surface area (Å²) >= 11 is 9.36. The highest BCUT2D eigenvalue weighted by Gasteiger charge is 2.18. The number of carbonyl (C=O) groups excluding carboxylic acids is 1. The zero-order valence-electron chi connectivity index (χ0n) is 14.3. The molecule has 136 valence electrons. The van der Waals surface area contributed by atoms with Crippen LogP contribution in [-0.4, -0.2) is 29.0 Å². The molecule has 3 aromatic rings. The van der Waals surface area contributed by atoms with E-state index in [1.54, 1.807) is 0 Å². The lowest BCUT2D eigenvalue weighted by Crippen LogP contribution is -2.11. The van der Waals surface area contributed by atoms with Crippen molar-refractivity contribution >= 4 is 69.5 Å². The first-order valence-corrected chi connectivity index (χ1v) is 9.61. The monoisotopic (exact) mass is 443 g/mol. The molecule has 0 amide bonds. The summed E-state index contributed by atoms with van der Waals surface area (Å²) in [5.74, 6) is -0.895. The fourth-order valence-electron chi connectivity index (χ4n) is 2.89. The molecule has 4 nitrogen and oxygen atoms in total. The maximum Gasteiger partial charge on any atom is 0.302 e. The summed E-state index contributed by atoms with van der Waals surface area (Å²) in [6.07, 6.45) is 4.07. The van der Waals surface area contributed by atoms with Crippen LogP contribution in [0.2, 0.25) is 11.3 Å². The summed E-state index contributed by atoms with van der Waals surface area (Å²) in [6, 6.07) is 13.1. The molecule has 1 heterocycles. The van der Waals surface area contributed by atoms with Crippen LogP contribution in [0.4, 0.5) is 0 Å². The Balaban J connectivity index is 1.96. The Morgan fingerprint density at radius 2 is 1.89 bits per heavy atom. The number of aromatic amines is 1. The number of aliphatic carboxylic acids is 1. The summed E-state index contributed by atoms with van der Waals surface area (Å²) < 4.78 is 0.911. The number of halogens is 2. The van der Waals surface area contributed by atoms with Crippen LogP contribution in [0.5, 0.6) is 0 Å². The third kappa shape index (κ3) is 4.90. The van der Waals surface area contributed by atoms with E-state index in [2.05, 4.69) is 20.9 Å². The number of aromatic nitrogens is 1. The van der Waals surface area contributed by atoms with Crippen molar-refractivity contribution in [3.8, 4) is 0 Å². The van der Waals surface area contributed by atoms with Gasteiger partial charge in [-0.25, -0.2) is 0 Å². The smallest absolute Gasteiger partial charge is 0.302 e. The van der Waals surface area contributed by atoms with Crippen LogP contribution >= 0.6 is 27.5 Å². The normalized spacial score (nSPS) is 11.2. The number of hydrogen-bond acceptors (Lipinski definition) is 2. The van der Waals surface area contributed by atoms with E-state index >= 15 is 0 Å². The molecule has 2 aromatic carbocycles. The van der Waals surface area contributed by atoms with E-state index in [-0.39, 0.29) is 19.4 Å². The lowest BCUT2D eigenvalue weighted by molar-refractivity contribution is -0.136. The van der Waals surface area contributed by atoms with Gasteiger partial charge >= 0.3 is 5.97 Å². The number of rotatable bonds is 7. The zero-order valence-corrected chi connectivity index (χ0v) is 16.7. The molecular formula is C20H16BBrClNO3. The number of hydrogen-bond donors (Lipinski definition) is 2. The average Bonchev–Trinajstić information content (AvgIpc) is 2.98. The van der Waals surface area contributed by atoms with Crippen molar-refractivity contribution in [2.24, 2.45) is 0 Å². The van der Waals surface area contributed by atoms with Gasteiger partial charge in [-0.3, -0.25) is 4.79 Å². The Labute approximate surface area is 170 Å². The van der Waals surface area contributed by atoms with E-state index in [0.29, 0.717) is 22.6 Å². The van der Waals surface area contributed by atoms with Crippen molar-refractivity contribution in [1.82, 2.24) is 4.98 Å². The summed E-state index contributed by atoms with van der Waals surface area (Å²) in [5, 5.41) is 10.3. The van der Waals surface area contributed by atoms with Crippen molar-refractivity contribution in [2.45, 2.75) is 12.7 Å². The highest BCUT2D eigenvalue weighted by atomic mass is 79.9. The molecule has 3 rings (SSSR count). The van der Waals surface area contributed by atoms with Crippen LogP contribution < -0.4 is 0 Å². The molecule has 0 aliphatic carbocycles. The van der Waals surface area contributed by atoms with Crippen LogP contribution in [0.3, 0.4) is 0 Å². The lowest BCUT2D eigenvalue weighted by atomic mass is 9.66. The highest BCUT2D eigenvalue weighted by molar-refractivity contribution is 9.10. The van der Waals surface area contributed by atoms with Crippen molar-refractivity contribution in [1.29, 1.82) is 0 Å². The second kappa shape index (κ2) is 8.59. The van der Waals surface area contributed by atoms with Gasteiger partial charge in [-0.05, 0) is 35.9 Å². The minimum absolute atomic E-state index is 0.0183. The molecule has 7 heteroatoms. The molecule has 0 spiro atoms. The van der Waals surface area contributed by atoms with Gasteiger partial charge in [0.05, 0.1) is 0 Å². The number of H-pyrrole nitrogens is 1. The zero-order chi connectivity index (χ0) is 19.4. The average molecular weight is 445 g/mol. The third-order valence-electron chi connectivity index (χ3n) is 4.18. The highest BCUT2D eigenvalue weighted by Crippen LogP contribution is 2.27. The molecule has 0 radical (unpaired) electrons. The van der Waals surface area contributed by atoms with Crippen LogP contribution in [-0.2, 0) is 4.79 Å². The van der Waals surface area contributed by atoms with Gasteiger partial charge in [0.2, 0.25) is 7.28 Å². The van der Waals surface area contributed by atoms with Gasteiger partial charge in [0.1, 0.15) is 5.68 Å². The fourth-order valence-corrected chi connectivity index (χ4v) is 3.38. The largest absolute Gasteiger partial charge is 0.481 e. The van der Waals surface area contributed by atoms with Crippen molar-refractivity contribution in [2.75, 3.05) is 0 Å². The lowest BCUT2D eigenvalue weighted by Gasteiger charge is -2.01. The van der Waals surface area contributed by atoms with Gasteiger partial charge in [0, 0.05) is 38.1 Å². The first kappa shape index (κ1) is 19.5. The molecule has 1 aromatic heterocycles. The molecule has 0 aliphatic rings. The molecule has 0 atom stereocenters. The van der Waals surface area contributed by atoms with Crippen LogP contribution in [0.15, 0.2) is 46.9 Å². The summed E-state index contributed by atoms with van der Waals surface area (Å²) in [5.41, 5.74) is 3.04. The SMILES string of the molecule is O=C(O)CCBC(=O)c1c(/C=C/c2ccc(Cl)cc2)[nH]c2cc(Br)ccc12. The van der Waals surface area contributed by atoms with Gasteiger partial charge in [-0.1, -0.05) is 58.1 Å². The molecule has 27 heavy (non-hydrogen) atoms. The first-order valence-electron chi connectivity index (χ1n) is 8.44. The molecular weight excluding hydrogens is 428 g/mol. The number of carbonyl (C=O) groups is 2. The second-order valence-electron chi connectivity index (χ2n) is 6.16. The van der Waals surface area contributed by atoms with E-state index in [1.807, 2.05) is 54.6 Å². The molecule has 0 fully saturated rings. The topological polar surface area (TPSA) is 70.2 Å². The minimum atomic E-state index is -0.895. The van der Waals surface area contributed by atoms with Gasteiger partial charge in [-0.2, -0.15) is 0 Å². The van der Waals surface area contributed by atoms with Crippen molar-refractivity contribution < 1.29 is 14.7 Å². The van der Waals surface area contributed by atoms with Crippen molar-refractivity contribution in [3.05, 3.63) is 68.8 Å². The van der Waals surface area contributed by atoms with Crippen LogP contribution in [0, 0.1) is 0 Å². The van der Waals surface area contributed by atoms with Gasteiger partial charge in [-0.15, -0.1) is 0 Å². The number of nitrogens with one attached hydrogen (secondary N) is 1. The molecule has 0 unspecified atom stereocenters. The van der Waals surface area contributed by atoms with Crippen LogP contribution in [0.1, 0.15) is 28.0 Å². The minimum Gasteiger partial charge on any atom is -0.481 e. The Hall–Kier alpha value is -2.31. The Kier molecular flexibility index (Phi) is 6.19. The Bertz CT molecular complexity index is 1030. The maximum absolute atomic E-state index is 12.8. The number of carboxylic acids is 1. The summed E-state index contributed by atoms with van der Waals surface area (Å²) in [7, 11) is 0.192. The molecule has 0 aliphatic heterocycles. The van der Waals surface area contributed by atoms with E-state index in [9.17, 15) is 9.59 Å². The molecule has 0 bridgehead atoms. The summed E-state index contributed by atoms with van der Waals surface area (Å²) in [4.78, 5) is 26.8. The first-order chi connectivity index (χ1) is 12.9. The third-order valence-corrected chi connectivity index (χ3v) is 4.92. The van der Waals surface area contributed by atoms with Gasteiger partial charge in [0.15, 0.2) is 0 Å². The van der Waals surface area contributed by atoms with Gasteiger partial charge in [0.25, 0.3) is 0 Å². The predicted octanol–water partition coefficient (Wildman–Crippen LogP) is 5.22. The molecule has 0 saturated heterocycles. The van der Waals surface area contributed by atoms with Crippen molar-refractivity contribution in [3.63, 3.8) is 0 Å². The van der Waals surface area contributed by atoms with Gasteiger partial charge < -0.3 is 14.9 Å². The van der Waals surface area contributed by atoms with E-state index < -0.39 is 5.97 Å². The fraction of sp³-hybridized carbons (Fsp3) is 0.100. The summed E-state index contributed by atoms with van der Waals surface area (Å²) in [6.45, 7) is 0. The van der Waals surface area contributed by atoms with Crippen LogP contribution in [0.25, 0.3) is 23.1 Å². The van der Waals surface area contributed by atoms with E-state index in [0.717, 1.165) is 20.9 Å². The second-order valence-corrected chi connectivity index (χ2v) is 7.51. The number of fused-ring (bicyclic) bond motifs is 1. The van der Waals surface area contributed by atoms with E-state index in [1.165, 1.54) is 0 Å². The molecule has 2 N–H and O–H groups in total. The Morgan fingerprint density at radius 1 is 1.15 bits per heavy atom. The predicted molar refractivity (Wildman–Crippen MR) is 115 cm³/mol. The number of benzene rings is 2.